The first-order valence-electron chi connectivity index (χ1n) is 9.00. The SMILES string of the molecule is O=C(O)[C@H]1CC=CC[C@@H]1C(=O)Nc1ccc(N2CCOCC2)c(C(F)(F)F)c1. The number of amides is 1. The molecule has 6 nitrogen and oxygen atoms in total. The quantitative estimate of drug-likeness (QED) is 0.762. The van der Waals surface area contributed by atoms with Crippen LogP contribution in [0.2, 0.25) is 0 Å². The van der Waals surface area contributed by atoms with E-state index in [1.807, 2.05) is 0 Å². The van der Waals surface area contributed by atoms with Crippen molar-refractivity contribution in [3.63, 3.8) is 0 Å². The number of carbonyl (C=O) groups excluding carboxylic acids is 1. The van der Waals surface area contributed by atoms with Gasteiger partial charge in [-0.3, -0.25) is 9.59 Å². The van der Waals surface area contributed by atoms with Crippen molar-refractivity contribution in [3.8, 4) is 0 Å². The van der Waals surface area contributed by atoms with E-state index in [9.17, 15) is 27.9 Å². The highest BCUT2D eigenvalue weighted by molar-refractivity contribution is 5.95. The summed E-state index contributed by atoms with van der Waals surface area (Å²) in [4.78, 5) is 25.5. The molecule has 1 amide bonds. The third-order valence-electron chi connectivity index (χ3n) is 5.01. The standard InChI is InChI=1S/C19H21F3N2O4/c20-19(21,22)15-11-12(5-6-16(15)24-7-9-28-10-8-24)23-17(25)13-3-1-2-4-14(13)18(26)27/h1-2,5-6,11,13-14H,3-4,7-10H2,(H,23,25)(H,26,27)/t13-,14-/m0/s1. The highest BCUT2D eigenvalue weighted by Crippen LogP contribution is 2.39. The fourth-order valence-corrected chi connectivity index (χ4v) is 3.53. The molecule has 1 aromatic rings. The fourth-order valence-electron chi connectivity index (χ4n) is 3.53. The molecule has 0 aromatic heterocycles. The first-order chi connectivity index (χ1) is 13.3. The minimum atomic E-state index is -4.59. The number of carbonyl (C=O) groups is 2. The van der Waals surface area contributed by atoms with Crippen LogP contribution in [0.5, 0.6) is 0 Å². The largest absolute Gasteiger partial charge is 0.481 e. The number of benzene rings is 1. The number of nitrogens with zero attached hydrogens (tertiary/aromatic N) is 1. The van der Waals surface area contributed by atoms with Gasteiger partial charge in [0.05, 0.1) is 30.6 Å². The molecule has 9 heteroatoms. The van der Waals surface area contributed by atoms with Gasteiger partial charge in [-0.1, -0.05) is 12.2 Å². The van der Waals surface area contributed by atoms with E-state index in [2.05, 4.69) is 5.32 Å². The number of rotatable bonds is 4. The predicted octanol–water partition coefficient (Wildman–Crippen LogP) is 3.15. The molecule has 1 heterocycles. The van der Waals surface area contributed by atoms with Crippen LogP contribution in [0.3, 0.4) is 0 Å². The highest BCUT2D eigenvalue weighted by Gasteiger charge is 2.37. The van der Waals surface area contributed by atoms with Gasteiger partial charge >= 0.3 is 12.1 Å². The second kappa shape index (κ2) is 8.22. The van der Waals surface area contributed by atoms with Gasteiger partial charge in [-0.25, -0.2) is 0 Å². The molecule has 28 heavy (non-hydrogen) atoms. The van der Waals surface area contributed by atoms with Crippen LogP contribution in [0, 0.1) is 11.8 Å². The van der Waals surface area contributed by atoms with Crippen LogP contribution in [-0.4, -0.2) is 43.3 Å². The molecular weight excluding hydrogens is 377 g/mol. The van der Waals surface area contributed by atoms with Gasteiger partial charge in [-0.2, -0.15) is 13.2 Å². The molecule has 0 radical (unpaired) electrons. The van der Waals surface area contributed by atoms with Gasteiger partial charge in [0.1, 0.15) is 0 Å². The number of anilines is 2. The van der Waals surface area contributed by atoms with Crippen molar-refractivity contribution in [3.05, 3.63) is 35.9 Å². The topological polar surface area (TPSA) is 78.9 Å². The third kappa shape index (κ3) is 4.46. The third-order valence-corrected chi connectivity index (χ3v) is 5.01. The average molecular weight is 398 g/mol. The number of aliphatic carboxylic acids is 1. The Morgan fingerprint density at radius 3 is 2.36 bits per heavy atom. The van der Waals surface area contributed by atoms with E-state index in [0.717, 1.165) is 6.07 Å². The lowest BCUT2D eigenvalue weighted by atomic mass is 9.82. The lowest BCUT2D eigenvalue weighted by Gasteiger charge is -2.31. The maximum atomic E-state index is 13.6. The Kier molecular flexibility index (Phi) is 5.93. The van der Waals surface area contributed by atoms with Gasteiger partial charge in [0.25, 0.3) is 0 Å². The number of halogens is 3. The van der Waals surface area contributed by atoms with Crippen LogP contribution in [0.4, 0.5) is 24.5 Å². The number of carboxylic acid groups (broad SMARTS) is 1. The molecule has 2 atom stereocenters. The molecule has 0 spiro atoms. The molecular formula is C19H21F3N2O4. The summed E-state index contributed by atoms with van der Waals surface area (Å²) in [6.07, 6.45) is -0.725. The summed E-state index contributed by atoms with van der Waals surface area (Å²) in [6, 6.07) is 3.64. The van der Waals surface area contributed by atoms with Gasteiger partial charge in [-0.15, -0.1) is 0 Å². The summed E-state index contributed by atoms with van der Waals surface area (Å²) >= 11 is 0. The Morgan fingerprint density at radius 2 is 1.75 bits per heavy atom. The Labute approximate surface area is 160 Å². The molecule has 1 aliphatic heterocycles. The molecule has 2 aliphatic rings. The molecule has 1 saturated heterocycles. The Bertz CT molecular complexity index is 773. The second-order valence-electron chi connectivity index (χ2n) is 6.81. The van der Waals surface area contributed by atoms with Crippen molar-refractivity contribution in [2.75, 3.05) is 36.5 Å². The van der Waals surface area contributed by atoms with E-state index >= 15 is 0 Å². The number of ether oxygens (including phenoxy) is 1. The van der Waals surface area contributed by atoms with Gasteiger partial charge in [-0.05, 0) is 31.0 Å². The lowest BCUT2D eigenvalue weighted by Crippen LogP contribution is -2.37. The zero-order valence-corrected chi connectivity index (χ0v) is 15.0. The van der Waals surface area contributed by atoms with Crippen molar-refractivity contribution in [1.29, 1.82) is 0 Å². The Hall–Kier alpha value is -2.55. The summed E-state index contributed by atoms with van der Waals surface area (Å²) in [5, 5.41) is 11.7. The van der Waals surface area contributed by atoms with E-state index in [0.29, 0.717) is 26.3 Å². The van der Waals surface area contributed by atoms with Crippen LogP contribution in [0.1, 0.15) is 18.4 Å². The number of allylic oxidation sites excluding steroid dienone is 2. The van der Waals surface area contributed by atoms with E-state index in [4.69, 9.17) is 4.74 Å². The molecule has 152 valence electrons. The monoisotopic (exact) mass is 398 g/mol. The van der Waals surface area contributed by atoms with E-state index < -0.39 is 35.5 Å². The average Bonchev–Trinajstić information content (AvgIpc) is 2.68. The minimum Gasteiger partial charge on any atom is -0.481 e. The number of hydrogen-bond acceptors (Lipinski definition) is 4. The number of carboxylic acids is 1. The Balaban J connectivity index is 1.83. The van der Waals surface area contributed by atoms with Crippen LogP contribution in [0.15, 0.2) is 30.4 Å². The molecule has 1 fully saturated rings. The summed E-state index contributed by atoms with van der Waals surface area (Å²) < 4.78 is 45.9. The van der Waals surface area contributed by atoms with E-state index in [1.165, 1.54) is 12.1 Å². The van der Waals surface area contributed by atoms with Gasteiger partial charge in [0.15, 0.2) is 0 Å². The molecule has 0 unspecified atom stereocenters. The maximum absolute atomic E-state index is 13.6. The Morgan fingerprint density at radius 1 is 1.11 bits per heavy atom. The molecule has 1 aromatic carbocycles. The smallest absolute Gasteiger partial charge is 0.418 e. The van der Waals surface area contributed by atoms with Crippen molar-refractivity contribution in [2.45, 2.75) is 19.0 Å². The molecule has 1 aliphatic carbocycles. The van der Waals surface area contributed by atoms with Crippen molar-refractivity contribution in [1.82, 2.24) is 0 Å². The van der Waals surface area contributed by atoms with Gasteiger partial charge in [0.2, 0.25) is 5.91 Å². The van der Waals surface area contributed by atoms with Crippen LogP contribution < -0.4 is 10.2 Å². The van der Waals surface area contributed by atoms with Gasteiger partial charge in [0, 0.05) is 24.5 Å². The molecule has 3 rings (SSSR count). The summed E-state index contributed by atoms with van der Waals surface area (Å²) in [5.41, 5.74) is -0.809. The lowest BCUT2D eigenvalue weighted by molar-refractivity contribution is -0.146. The van der Waals surface area contributed by atoms with Gasteiger partial charge < -0.3 is 20.1 Å². The fraction of sp³-hybridized carbons (Fsp3) is 0.474. The van der Waals surface area contributed by atoms with Crippen molar-refractivity contribution < 1.29 is 32.6 Å². The molecule has 2 N–H and O–H groups in total. The second-order valence-corrected chi connectivity index (χ2v) is 6.81. The number of morpholine rings is 1. The first kappa shape index (κ1) is 20.2. The number of hydrogen-bond donors (Lipinski definition) is 2. The number of alkyl halides is 3. The number of nitrogens with one attached hydrogen (secondary N) is 1. The van der Waals surface area contributed by atoms with Crippen LogP contribution >= 0.6 is 0 Å². The molecule has 0 bridgehead atoms. The van der Waals surface area contributed by atoms with Crippen molar-refractivity contribution in [2.24, 2.45) is 11.8 Å². The minimum absolute atomic E-state index is 0.00646. The van der Waals surface area contributed by atoms with E-state index in [1.54, 1.807) is 17.1 Å². The first-order valence-corrected chi connectivity index (χ1v) is 9.00. The normalized spacial score (nSPS) is 22.8. The van der Waals surface area contributed by atoms with E-state index in [-0.39, 0.29) is 24.2 Å². The summed E-state index contributed by atoms with van der Waals surface area (Å²) in [5.74, 6) is -3.40. The highest BCUT2D eigenvalue weighted by atomic mass is 19.4. The molecule has 0 saturated carbocycles. The van der Waals surface area contributed by atoms with Crippen LogP contribution in [0.25, 0.3) is 0 Å². The summed E-state index contributed by atoms with van der Waals surface area (Å²) in [6.45, 7) is 1.40. The van der Waals surface area contributed by atoms with Crippen molar-refractivity contribution >= 4 is 23.3 Å². The maximum Gasteiger partial charge on any atom is 0.418 e. The summed E-state index contributed by atoms with van der Waals surface area (Å²) in [7, 11) is 0. The zero-order chi connectivity index (χ0) is 20.3. The van der Waals surface area contributed by atoms with Crippen LogP contribution in [-0.2, 0) is 20.5 Å². The predicted molar refractivity (Wildman–Crippen MR) is 96.1 cm³/mol. The zero-order valence-electron chi connectivity index (χ0n) is 15.0.